The third kappa shape index (κ3) is 3.42. The van der Waals surface area contributed by atoms with Crippen molar-refractivity contribution in [2.75, 3.05) is 15.8 Å². The van der Waals surface area contributed by atoms with Crippen molar-refractivity contribution in [1.29, 1.82) is 0 Å². The first kappa shape index (κ1) is 14.2. The minimum atomic E-state index is -3.31. The standard InChI is InChI=1S/C12H16N2O3S2/c1-3-6-19(16,17)14-9-4-5-11-10(7-9)13-12(15)8(2)18-11/h4-5,7-8,14H,3,6H2,1-2H3,(H,13,15). The fraction of sp³-hybridized carbons (Fsp3) is 0.417. The molecular weight excluding hydrogens is 284 g/mol. The Morgan fingerprint density at radius 2 is 2.16 bits per heavy atom. The molecule has 1 aromatic rings. The molecule has 2 rings (SSSR count). The molecule has 0 aromatic heterocycles. The first-order valence-corrected chi connectivity index (χ1v) is 8.56. The maximum Gasteiger partial charge on any atom is 0.237 e. The summed E-state index contributed by atoms with van der Waals surface area (Å²) >= 11 is 1.47. The van der Waals surface area contributed by atoms with Gasteiger partial charge in [0.05, 0.1) is 22.4 Å². The lowest BCUT2D eigenvalue weighted by Gasteiger charge is -2.22. The van der Waals surface area contributed by atoms with Gasteiger partial charge < -0.3 is 5.32 Å². The summed E-state index contributed by atoms with van der Waals surface area (Å²) in [5.41, 5.74) is 1.13. The summed E-state index contributed by atoms with van der Waals surface area (Å²) in [4.78, 5) is 12.5. The van der Waals surface area contributed by atoms with Gasteiger partial charge >= 0.3 is 0 Å². The molecule has 0 aliphatic carbocycles. The summed E-state index contributed by atoms with van der Waals surface area (Å²) in [6, 6.07) is 5.18. The molecule has 1 aliphatic rings. The Kier molecular flexibility index (Phi) is 4.05. The first-order chi connectivity index (χ1) is 8.91. The summed E-state index contributed by atoms with van der Waals surface area (Å²) in [7, 11) is -3.31. The molecule has 0 saturated carbocycles. The van der Waals surface area contributed by atoms with Gasteiger partial charge in [0, 0.05) is 4.90 Å². The molecule has 1 unspecified atom stereocenters. The van der Waals surface area contributed by atoms with Gasteiger partial charge in [0.25, 0.3) is 0 Å². The van der Waals surface area contributed by atoms with Gasteiger partial charge in [0.15, 0.2) is 0 Å². The first-order valence-electron chi connectivity index (χ1n) is 6.03. The lowest BCUT2D eigenvalue weighted by molar-refractivity contribution is -0.115. The molecule has 0 radical (unpaired) electrons. The zero-order chi connectivity index (χ0) is 14.0. The summed E-state index contributed by atoms with van der Waals surface area (Å²) in [6.45, 7) is 3.64. The third-order valence-corrected chi connectivity index (χ3v) is 5.33. The second-order valence-corrected chi connectivity index (χ2v) is 7.61. The molecule has 1 aromatic carbocycles. The van der Waals surface area contributed by atoms with Gasteiger partial charge in [0.2, 0.25) is 15.9 Å². The van der Waals surface area contributed by atoms with E-state index in [0.29, 0.717) is 17.8 Å². The van der Waals surface area contributed by atoms with Gasteiger partial charge in [-0.15, -0.1) is 11.8 Å². The molecule has 0 bridgehead atoms. The van der Waals surface area contributed by atoms with Crippen LogP contribution >= 0.6 is 11.8 Å². The molecule has 0 fully saturated rings. The monoisotopic (exact) mass is 300 g/mol. The molecule has 1 aliphatic heterocycles. The van der Waals surface area contributed by atoms with E-state index in [0.717, 1.165) is 4.90 Å². The highest BCUT2D eigenvalue weighted by molar-refractivity contribution is 8.01. The smallest absolute Gasteiger partial charge is 0.237 e. The molecule has 0 spiro atoms. The molecule has 1 amide bonds. The predicted molar refractivity (Wildman–Crippen MR) is 78.1 cm³/mol. The van der Waals surface area contributed by atoms with Crippen molar-refractivity contribution in [2.24, 2.45) is 0 Å². The molecule has 104 valence electrons. The number of hydrogen-bond acceptors (Lipinski definition) is 4. The van der Waals surface area contributed by atoms with Crippen LogP contribution in [0.1, 0.15) is 20.3 Å². The topological polar surface area (TPSA) is 75.3 Å². The minimum Gasteiger partial charge on any atom is -0.324 e. The predicted octanol–water partition coefficient (Wildman–Crippen LogP) is 2.27. The van der Waals surface area contributed by atoms with Crippen molar-refractivity contribution in [3.63, 3.8) is 0 Å². The Morgan fingerprint density at radius 3 is 2.84 bits per heavy atom. The van der Waals surface area contributed by atoms with Crippen molar-refractivity contribution in [1.82, 2.24) is 0 Å². The van der Waals surface area contributed by atoms with Crippen LogP contribution in [0.2, 0.25) is 0 Å². The van der Waals surface area contributed by atoms with Gasteiger partial charge in [-0.05, 0) is 31.5 Å². The van der Waals surface area contributed by atoms with Gasteiger partial charge in [-0.3, -0.25) is 9.52 Å². The summed E-state index contributed by atoms with van der Waals surface area (Å²) < 4.78 is 25.9. The van der Waals surface area contributed by atoms with Gasteiger partial charge in [0.1, 0.15) is 0 Å². The van der Waals surface area contributed by atoms with Crippen LogP contribution in [0, 0.1) is 0 Å². The number of amides is 1. The van der Waals surface area contributed by atoms with E-state index in [9.17, 15) is 13.2 Å². The molecule has 1 heterocycles. The normalized spacial score (nSPS) is 18.6. The number of hydrogen-bond donors (Lipinski definition) is 2. The van der Waals surface area contributed by atoms with E-state index >= 15 is 0 Å². The van der Waals surface area contributed by atoms with Crippen molar-refractivity contribution in [3.8, 4) is 0 Å². The fourth-order valence-corrected chi connectivity index (χ4v) is 3.83. The minimum absolute atomic E-state index is 0.0638. The van der Waals surface area contributed by atoms with Gasteiger partial charge in [-0.25, -0.2) is 8.42 Å². The van der Waals surface area contributed by atoms with Crippen LogP contribution in [0.25, 0.3) is 0 Å². The van der Waals surface area contributed by atoms with E-state index < -0.39 is 10.0 Å². The van der Waals surface area contributed by atoms with Crippen LogP contribution in [0.15, 0.2) is 23.1 Å². The van der Waals surface area contributed by atoms with Crippen molar-refractivity contribution < 1.29 is 13.2 Å². The highest BCUT2D eigenvalue weighted by atomic mass is 32.2. The Hall–Kier alpha value is -1.21. The quantitative estimate of drug-likeness (QED) is 0.894. The van der Waals surface area contributed by atoms with E-state index in [2.05, 4.69) is 10.0 Å². The van der Waals surface area contributed by atoms with Crippen molar-refractivity contribution >= 4 is 39.1 Å². The number of carbonyl (C=O) groups excluding carboxylic acids is 1. The van der Waals surface area contributed by atoms with Crippen LogP contribution < -0.4 is 10.0 Å². The Balaban J connectivity index is 2.23. The molecule has 1 atom stereocenters. The molecule has 0 saturated heterocycles. The number of carbonyl (C=O) groups is 1. The van der Waals surface area contributed by atoms with Crippen molar-refractivity contribution in [2.45, 2.75) is 30.4 Å². The van der Waals surface area contributed by atoms with E-state index in [-0.39, 0.29) is 16.9 Å². The van der Waals surface area contributed by atoms with Crippen molar-refractivity contribution in [3.05, 3.63) is 18.2 Å². The maximum absolute atomic E-state index is 11.7. The second kappa shape index (κ2) is 5.42. The van der Waals surface area contributed by atoms with E-state index in [1.165, 1.54) is 11.8 Å². The number of thioether (sulfide) groups is 1. The van der Waals surface area contributed by atoms with E-state index in [1.807, 2.05) is 19.9 Å². The SMILES string of the molecule is CCCS(=O)(=O)Nc1ccc2c(c1)NC(=O)C(C)S2. The zero-order valence-corrected chi connectivity index (χ0v) is 12.4. The average Bonchev–Trinajstić information content (AvgIpc) is 2.30. The largest absolute Gasteiger partial charge is 0.324 e. The molecule has 7 heteroatoms. The lowest BCUT2D eigenvalue weighted by atomic mass is 10.2. The highest BCUT2D eigenvalue weighted by Crippen LogP contribution is 2.37. The molecular formula is C12H16N2O3S2. The number of benzene rings is 1. The molecule has 19 heavy (non-hydrogen) atoms. The number of anilines is 2. The number of fused-ring (bicyclic) bond motifs is 1. The van der Waals surface area contributed by atoms with Crippen LogP contribution in [0.4, 0.5) is 11.4 Å². The fourth-order valence-electron chi connectivity index (χ4n) is 1.77. The summed E-state index contributed by atoms with van der Waals surface area (Å²) in [6.07, 6.45) is 0.560. The van der Waals surface area contributed by atoms with E-state index in [4.69, 9.17) is 0 Å². The summed E-state index contributed by atoms with van der Waals surface area (Å²) in [5.74, 6) is 0.0217. The summed E-state index contributed by atoms with van der Waals surface area (Å²) in [5, 5.41) is 2.64. The lowest BCUT2D eigenvalue weighted by Crippen LogP contribution is -2.26. The van der Waals surface area contributed by atoms with E-state index in [1.54, 1.807) is 12.1 Å². The average molecular weight is 300 g/mol. The van der Waals surface area contributed by atoms with Crippen LogP contribution in [-0.2, 0) is 14.8 Å². The number of nitrogens with one attached hydrogen (secondary N) is 2. The third-order valence-electron chi connectivity index (χ3n) is 2.66. The van der Waals surface area contributed by atoms with Gasteiger partial charge in [-0.1, -0.05) is 6.92 Å². The van der Waals surface area contributed by atoms with Crippen LogP contribution in [0.3, 0.4) is 0 Å². The van der Waals surface area contributed by atoms with Gasteiger partial charge in [-0.2, -0.15) is 0 Å². The molecule has 5 nitrogen and oxygen atoms in total. The Labute approximate surface area is 117 Å². The Bertz CT molecular complexity index is 599. The maximum atomic E-state index is 11.7. The second-order valence-electron chi connectivity index (χ2n) is 4.38. The van der Waals surface area contributed by atoms with Crippen LogP contribution in [-0.4, -0.2) is 25.3 Å². The zero-order valence-electron chi connectivity index (χ0n) is 10.8. The number of sulfonamides is 1. The van der Waals surface area contributed by atoms with Crippen LogP contribution in [0.5, 0.6) is 0 Å². The number of rotatable bonds is 4. The molecule has 2 N–H and O–H groups in total. The Morgan fingerprint density at radius 1 is 1.42 bits per heavy atom. The highest BCUT2D eigenvalue weighted by Gasteiger charge is 2.23.